The van der Waals surface area contributed by atoms with Gasteiger partial charge in [-0.15, -0.1) is 0 Å². The molecular formula is C18H31N3. The molecule has 1 aromatic heterocycles. The highest BCUT2D eigenvalue weighted by Crippen LogP contribution is 2.34. The van der Waals surface area contributed by atoms with Crippen LogP contribution in [0.5, 0.6) is 0 Å². The van der Waals surface area contributed by atoms with E-state index in [1.165, 1.54) is 50.8 Å². The molecule has 0 bridgehead atoms. The summed E-state index contributed by atoms with van der Waals surface area (Å²) in [5.74, 6) is 1.10. The number of pyridine rings is 1. The maximum atomic E-state index is 4.62. The third-order valence-corrected chi connectivity index (χ3v) is 4.61. The molecule has 0 aromatic carbocycles. The molecule has 1 aliphatic heterocycles. The summed E-state index contributed by atoms with van der Waals surface area (Å²) in [6.45, 7) is 9.18. The zero-order chi connectivity index (χ0) is 15.1. The maximum Gasteiger partial charge on any atom is 0.130 e. The van der Waals surface area contributed by atoms with E-state index >= 15 is 0 Å². The molecule has 2 atom stereocenters. The van der Waals surface area contributed by atoms with Gasteiger partial charge in [-0.05, 0) is 51.8 Å². The van der Waals surface area contributed by atoms with Crippen molar-refractivity contribution in [1.82, 2.24) is 9.88 Å². The predicted molar refractivity (Wildman–Crippen MR) is 90.7 cm³/mol. The molecule has 1 aliphatic rings. The Morgan fingerprint density at radius 1 is 1.38 bits per heavy atom. The number of nitrogens with zero attached hydrogens (tertiary/aromatic N) is 2. The number of unbranched alkanes of at least 4 members (excludes halogenated alkanes) is 1. The van der Waals surface area contributed by atoms with Gasteiger partial charge in [0, 0.05) is 23.8 Å². The Balaban J connectivity index is 2.17. The van der Waals surface area contributed by atoms with Gasteiger partial charge in [-0.2, -0.15) is 0 Å². The number of piperidine rings is 1. The number of nitrogens with one attached hydrogen (secondary N) is 1. The van der Waals surface area contributed by atoms with Crippen LogP contribution in [0.2, 0.25) is 0 Å². The van der Waals surface area contributed by atoms with Crippen LogP contribution >= 0.6 is 0 Å². The summed E-state index contributed by atoms with van der Waals surface area (Å²) < 4.78 is 0. The highest BCUT2D eigenvalue weighted by atomic mass is 15.2. The minimum Gasteiger partial charge on any atom is -0.367 e. The molecule has 21 heavy (non-hydrogen) atoms. The molecule has 1 aromatic rings. The van der Waals surface area contributed by atoms with Gasteiger partial charge in [0.15, 0.2) is 0 Å². The van der Waals surface area contributed by atoms with E-state index in [2.05, 4.69) is 48.1 Å². The fraction of sp³-hybridized carbons (Fsp3) is 0.722. The van der Waals surface area contributed by atoms with E-state index in [9.17, 15) is 0 Å². The Morgan fingerprint density at radius 2 is 2.24 bits per heavy atom. The monoisotopic (exact) mass is 289 g/mol. The van der Waals surface area contributed by atoms with Crippen LogP contribution in [0, 0.1) is 0 Å². The SMILES string of the molecule is CCCCN1CCCC[C@H]1c1cccnc1N[C@H](C)CC. The van der Waals surface area contributed by atoms with Crippen LogP contribution in [-0.2, 0) is 0 Å². The molecule has 0 aliphatic carbocycles. The van der Waals surface area contributed by atoms with Gasteiger partial charge < -0.3 is 5.32 Å². The van der Waals surface area contributed by atoms with Crippen molar-refractivity contribution >= 4 is 5.82 Å². The Hall–Kier alpha value is -1.09. The van der Waals surface area contributed by atoms with Crippen molar-refractivity contribution in [3.05, 3.63) is 23.9 Å². The summed E-state index contributed by atoms with van der Waals surface area (Å²) in [5.41, 5.74) is 1.40. The minimum atomic E-state index is 0.478. The quantitative estimate of drug-likeness (QED) is 0.794. The Labute approximate surface area is 130 Å². The predicted octanol–water partition coefficient (Wildman–Crippen LogP) is 4.62. The van der Waals surface area contributed by atoms with Crippen LogP contribution in [0.15, 0.2) is 18.3 Å². The summed E-state index contributed by atoms with van der Waals surface area (Å²) in [6, 6.07) is 5.38. The third kappa shape index (κ3) is 4.44. The molecule has 0 saturated carbocycles. The number of hydrogen-bond acceptors (Lipinski definition) is 3. The summed E-state index contributed by atoms with van der Waals surface area (Å²) in [4.78, 5) is 7.29. The van der Waals surface area contributed by atoms with Crippen molar-refractivity contribution in [2.45, 2.75) is 71.4 Å². The van der Waals surface area contributed by atoms with Crippen molar-refractivity contribution < 1.29 is 0 Å². The fourth-order valence-corrected chi connectivity index (χ4v) is 3.11. The van der Waals surface area contributed by atoms with Gasteiger partial charge in [0.1, 0.15) is 5.82 Å². The van der Waals surface area contributed by atoms with E-state index in [4.69, 9.17) is 0 Å². The van der Waals surface area contributed by atoms with Crippen LogP contribution in [0.4, 0.5) is 5.82 Å². The smallest absolute Gasteiger partial charge is 0.130 e. The number of rotatable bonds is 7. The second-order valence-electron chi connectivity index (χ2n) is 6.30. The van der Waals surface area contributed by atoms with Crippen molar-refractivity contribution in [1.29, 1.82) is 0 Å². The van der Waals surface area contributed by atoms with Crippen molar-refractivity contribution in [3.8, 4) is 0 Å². The van der Waals surface area contributed by atoms with E-state index in [1.54, 1.807) is 0 Å². The number of aromatic nitrogens is 1. The lowest BCUT2D eigenvalue weighted by atomic mass is 9.95. The summed E-state index contributed by atoms with van der Waals surface area (Å²) in [7, 11) is 0. The van der Waals surface area contributed by atoms with E-state index < -0.39 is 0 Å². The number of anilines is 1. The van der Waals surface area contributed by atoms with Crippen LogP contribution in [0.3, 0.4) is 0 Å². The van der Waals surface area contributed by atoms with Gasteiger partial charge in [0.05, 0.1) is 0 Å². The lowest BCUT2D eigenvalue weighted by Crippen LogP contribution is -2.35. The molecule has 3 heteroatoms. The first kappa shape index (κ1) is 16.3. The van der Waals surface area contributed by atoms with Crippen molar-refractivity contribution in [2.75, 3.05) is 18.4 Å². The first-order valence-corrected chi connectivity index (χ1v) is 8.71. The van der Waals surface area contributed by atoms with Crippen molar-refractivity contribution in [2.24, 2.45) is 0 Å². The Bertz CT molecular complexity index is 419. The molecule has 1 N–H and O–H groups in total. The average molecular weight is 289 g/mol. The van der Waals surface area contributed by atoms with E-state index in [0.717, 1.165) is 12.2 Å². The van der Waals surface area contributed by atoms with Crippen LogP contribution in [0.25, 0.3) is 0 Å². The van der Waals surface area contributed by atoms with Gasteiger partial charge >= 0.3 is 0 Å². The number of hydrogen-bond donors (Lipinski definition) is 1. The molecule has 2 heterocycles. The van der Waals surface area contributed by atoms with Gasteiger partial charge in [-0.3, -0.25) is 4.90 Å². The lowest BCUT2D eigenvalue weighted by molar-refractivity contribution is 0.147. The summed E-state index contributed by atoms with van der Waals surface area (Å²) in [6.07, 6.45) is 9.55. The fourth-order valence-electron chi connectivity index (χ4n) is 3.11. The molecule has 3 nitrogen and oxygen atoms in total. The Kier molecular flexibility index (Phi) is 6.50. The normalized spacial score (nSPS) is 21.2. The topological polar surface area (TPSA) is 28.2 Å². The van der Waals surface area contributed by atoms with Crippen LogP contribution < -0.4 is 5.32 Å². The molecule has 0 unspecified atom stereocenters. The number of likely N-dealkylation sites (tertiary alicyclic amines) is 1. The lowest BCUT2D eigenvalue weighted by Gasteiger charge is -2.37. The highest BCUT2D eigenvalue weighted by molar-refractivity contribution is 5.46. The molecule has 1 fully saturated rings. The van der Waals surface area contributed by atoms with Gasteiger partial charge in [-0.1, -0.05) is 32.8 Å². The van der Waals surface area contributed by atoms with Crippen LogP contribution in [0.1, 0.15) is 70.9 Å². The van der Waals surface area contributed by atoms with Gasteiger partial charge in [0.25, 0.3) is 0 Å². The molecule has 1 saturated heterocycles. The largest absolute Gasteiger partial charge is 0.367 e. The van der Waals surface area contributed by atoms with E-state index in [-0.39, 0.29) is 0 Å². The molecule has 0 radical (unpaired) electrons. The van der Waals surface area contributed by atoms with Gasteiger partial charge in [-0.25, -0.2) is 4.98 Å². The van der Waals surface area contributed by atoms with Crippen LogP contribution in [-0.4, -0.2) is 29.0 Å². The molecule has 118 valence electrons. The third-order valence-electron chi connectivity index (χ3n) is 4.61. The zero-order valence-electron chi connectivity index (χ0n) is 13.9. The molecular weight excluding hydrogens is 258 g/mol. The Morgan fingerprint density at radius 3 is 3.00 bits per heavy atom. The average Bonchev–Trinajstić information content (AvgIpc) is 2.53. The molecule has 0 spiro atoms. The molecule has 2 rings (SSSR count). The summed E-state index contributed by atoms with van der Waals surface area (Å²) >= 11 is 0. The van der Waals surface area contributed by atoms with Crippen molar-refractivity contribution in [3.63, 3.8) is 0 Å². The maximum absolute atomic E-state index is 4.62. The molecule has 0 amide bonds. The first-order chi connectivity index (χ1) is 10.3. The van der Waals surface area contributed by atoms with E-state index in [0.29, 0.717) is 12.1 Å². The van der Waals surface area contributed by atoms with E-state index in [1.807, 2.05) is 6.20 Å². The minimum absolute atomic E-state index is 0.478. The first-order valence-electron chi connectivity index (χ1n) is 8.71. The summed E-state index contributed by atoms with van der Waals surface area (Å²) in [5, 5.41) is 3.60. The second-order valence-corrected chi connectivity index (χ2v) is 6.30. The highest BCUT2D eigenvalue weighted by Gasteiger charge is 2.26. The standard InChI is InChI=1S/C18H31N3/c1-4-6-13-21-14-8-7-11-17(21)16-10-9-12-19-18(16)20-15(3)5-2/h9-10,12,15,17H,4-8,11,13-14H2,1-3H3,(H,19,20)/t15-,17+/m1/s1. The zero-order valence-corrected chi connectivity index (χ0v) is 13.9. The van der Waals surface area contributed by atoms with Gasteiger partial charge in [0.2, 0.25) is 0 Å². The second kappa shape index (κ2) is 8.38.